The lowest BCUT2D eigenvalue weighted by Crippen LogP contribution is -2.13. The van der Waals surface area contributed by atoms with Crippen LogP contribution in [0.25, 0.3) is 0 Å². The number of rotatable bonds is 2. The standard InChI is InChI=1S/C13H10F2N2O/c14-9-4-5-12(11(15)7-9)17-13(18)8-2-1-3-10(16)6-8/h1-7H,16H2,(H,17,18). The third-order valence-electron chi connectivity index (χ3n) is 2.33. The van der Waals surface area contributed by atoms with Crippen LogP contribution < -0.4 is 11.1 Å². The van der Waals surface area contributed by atoms with Crippen LogP contribution in [-0.4, -0.2) is 5.91 Å². The van der Waals surface area contributed by atoms with Crippen molar-refractivity contribution in [2.75, 3.05) is 11.1 Å². The topological polar surface area (TPSA) is 55.1 Å². The number of amides is 1. The molecule has 0 aliphatic rings. The van der Waals surface area contributed by atoms with Crippen LogP contribution in [0.2, 0.25) is 0 Å². The molecule has 0 spiro atoms. The van der Waals surface area contributed by atoms with E-state index in [9.17, 15) is 13.6 Å². The van der Waals surface area contributed by atoms with Crippen LogP contribution >= 0.6 is 0 Å². The second kappa shape index (κ2) is 4.83. The third kappa shape index (κ3) is 2.63. The van der Waals surface area contributed by atoms with E-state index in [4.69, 9.17) is 5.73 Å². The first-order valence-corrected chi connectivity index (χ1v) is 5.18. The van der Waals surface area contributed by atoms with Gasteiger partial charge in [0.05, 0.1) is 5.69 Å². The van der Waals surface area contributed by atoms with E-state index in [-0.39, 0.29) is 5.69 Å². The summed E-state index contributed by atoms with van der Waals surface area (Å²) >= 11 is 0. The van der Waals surface area contributed by atoms with Crippen LogP contribution in [0.15, 0.2) is 42.5 Å². The monoisotopic (exact) mass is 248 g/mol. The van der Waals surface area contributed by atoms with Gasteiger partial charge in [-0.25, -0.2) is 8.78 Å². The summed E-state index contributed by atoms with van der Waals surface area (Å²) in [6, 6.07) is 9.20. The Balaban J connectivity index is 2.21. The molecule has 2 rings (SSSR count). The number of nitrogens with one attached hydrogen (secondary N) is 1. The fraction of sp³-hybridized carbons (Fsp3) is 0. The summed E-state index contributed by atoms with van der Waals surface area (Å²) in [5.74, 6) is -2.03. The Morgan fingerprint density at radius 1 is 1.11 bits per heavy atom. The molecule has 0 atom stereocenters. The zero-order valence-corrected chi connectivity index (χ0v) is 9.28. The molecule has 0 fully saturated rings. The first-order valence-electron chi connectivity index (χ1n) is 5.18. The van der Waals surface area contributed by atoms with Crippen LogP contribution in [0.4, 0.5) is 20.2 Å². The molecule has 18 heavy (non-hydrogen) atoms. The average Bonchev–Trinajstić information content (AvgIpc) is 2.32. The quantitative estimate of drug-likeness (QED) is 0.803. The zero-order valence-electron chi connectivity index (χ0n) is 9.28. The smallest absolute Gasteiger partial charge is 0.255 e. The number of hydrogen-bond acceptors (Lipinski definition) is 2. The Kier molecular flexibility index (Phi) is 3.23. The van der Waals surface area contributed by atoms with Gasteiger partial charge in [0.1, 0.15) is 11.6 Å². The Labute approximate surface area is 102 Å². The Morgan fingerprint density at radius 3 is 2.56 bits per heavy atom. The maximum atomic E-state index is 13.3. The molecule has 0 heterocycles. The van der Waals surface area contributed by atoms with E-state index in [2.05, 4.69) is 5.32 Å². The highest BCUT2D eigenvalue weighted by Crippen LogP contribution is 2.16. The maximum absolute atomic E-state index is 13.3. The molecule has 0 aliphatic heterocycles. The molecule has 0 radical (unpaired) electrons. The number of benzene rings is 2. The Hall–Kier alpha value is -2.43. The molecule has 0 bridgehead atoms. The van der Waals surface area contributed by atoms with Gasteiger partial charge in [0, 0.05) is 17.3 Å². The minimum absolute atomic E-state index is 0.0798. The summed E-state index contributed by atoms with van der Waals surface area (Å²) in [5, 5.41) is 2.34. The first-order chi connectivity index (χ1) is 8.56. The molecule has 2 aromatic rings. The largest absolute Gasteiger partial charge is 0.399 e. The van der Waals surface area contributed by atoms with E-state index in [1.165, 1.54) is 6.07 Å². The number of hydrogen-bond donors (Lipinski definition) is 2. The van der Waals surface area contributed by atoms with Crippen molar-refractivity contribution >= 4 is 17.3 Å². The van der Waals surface area contributed by atoms with E-state index in [0.29, 0.717) is 17.3 Å². The molecule has 0 aliphatic carbocycles. The fourth-order valence-electron chi connectivity index (χ4n) is 1.47. The minimum atomic E-state index is -0.827. The van der Waals surface area contributed by atoms with Crippen LogP contribution in [0.3, 0.4) is 0 Å². The lowest BCUT2D eigenvalue weighted by atomic mass is 10.2. The molecule has 5 heteroatoms. The number of carbonyl (C=O) groups excluding carboxylic acids is 1. The van der Waals surface area contributed by atoms with Crippen molar-refractivity contribution in [1.82, 2.24) is 0 Å². The summed E-state index contributed by atoms with van der Waals surface area (Å²) < 4.78 is 26.0. The van der Waals surface area contributed by atoms with Gasteiger partial charge in [-0.05, 0) is 30.3 Å². The van der Waals surface area contributed by atoms with Crippen molar-refractivity contribution in [3.05, 3.63) is 59.7 Å². The molecule has 1 amide bonds. The molecule has 0 unspecified atom stereocenters. The van der Waals surface area contributed by atoms with Crippen molar-refractivity contribution < 1.29 is 13.6 Å². The molecule has 0 saturated carbocycles. The Morgan fingerprint density at radius 2 is 1.89 bits per heavy atom. The maximum Gasteiger partial charge on any atom is 0.255 e. The normalized spacial score (nSPS) is 10.1. The van der Waals surface area contributed by atoms with Crippen molar-refractivity contribution in [3.63, 3.8) is 0 Å². The number of nitrogen functional groups attached to an aromatic ring is 1. The van der Waals surface area contributed by atoms with Crippen molar-refractivity contribution in [3.8, 4) is 0 Å². The summed E-state index contributed by atoms with van der Waals surface area (Å²) in [6.07, 6.45) is 0. The zero-order chi connectivity index (χ0) is 13.1. The lowest BCUT2D eigenvalue weighted by molar-refractivity contribution is 0.102. The highest BCUT2D eigenvalue weighted by molar-refractivity contribution is 6.04. The van der Waals surface area contributed by atoms with Gasteiger partial charge in [-0.15, -0.1) is 0 Å². The summed E-state index contributed by atoms with van der Waals surface area (Å²) in [7, 11) is 0. The van der Waals surface area contributed by atoms with Crippen molar-refractivity contribution in [1.29, 1.82) is 0 Å². The third-order valence-corrected chi connectivity index (χ3v) is 2.33. The predicted molar refractivity (Wildman–Crippen MR) is 65.2 cm³/mol. The highest BCUT2D eigenvalue weighted by atomic mass is 19.1. The van der Waals surface area contributed by atoms with Gasteiger partial charge in [-0.2, -0.15) is 0 Å². The predicted octanol–water partition coefficient (Wildman–Crippen LogP) is 2.80. The number of carbonyl (C=O) groups is 1. The fourth-order valence-corrected chi connectivity index (χ4v) is 1.47. The lowest BCUT2D eigenvalue weighted by Gasteiger charge is -2.06. The average molecular weight is 248 g/mol. The number of anilines is 2. The van der Waals surface area contributed by atoms with Gasteiger partial charge < -0.3 is 11.1 Å². The second-order valence-electron chi connectivity index (χ2n) is 3.70. The first kappa shape index (κ1) is 12.0. The SMILES string of the molecule is Nc1cccc(C(=O)Nc2ccc(F)cc2F)c1. The van der Waals surface area contributed by atoms with Gasteiger partial charge in [0.25, 0.3) is 5.91 Å². The van der Waals surface area contributed by atoms with Crippen LogP contribution in [0.1, 0.15) is 10.4 Å². The molecule has 92 valence electrons. The molecule has 3 nitrogen and oxygen atoms in total. The molecule has 3 N–H and O–H groups in total. The summed E-state index contributed by atoms with van der Waals surface area (Å²) in [4.78, 5) is 11.8. The number of nitrogens with two attached hydrogens (primary N) is 1. The Bertz CT molecular complexity index is 599. The molecular formula is C13H10F2N2O. The van der Waals surface area contributed by atoms with E-state index >= 15 is 0 Å². The van der Waals surface area contributed by atoms with Gasteiger partial charge in [0.15, 0.2) is 0 Å². The van der Waals surface area contributed by atoms with E-state index < -0.39 is 17.5 Å². The molecule has 0 aromatic heterocycles. The van der Waals surface area contributed by atoms with Crippen LogP contribution in [0.5, 0.6) is 0 Å². The summed E-state index contributed by atoms with van der Waals surface area (Å²) in [5.41, 5.74) is 6.19. The molecular weight excluding hydrogens is 238 g/mol. The summed E-state index contributed by atoms with van der Waals surface area (Å²) in [6.45, 7) is 0. The van der Waals surface area contributed by atoms with Gasteiger partial charge in [-0.3, -0.25) is 4.79 Å². The van der Waals surface area contributed by atoms with E-state index in [0.717, 1.165) is 12.1 Å². The van der Waals surface area contributed by atoms with Crippen LogP contribution in [-0.2, 0) is 0 Å². The van der Waals surface area contributed by atoms with E-state index in [1.807, 2.05) is 0 Å². The molecule has 2 aromatic carbocycles. The van der Waals surface area contributed by atoms with Gasteiger partial charge in [-0.1, -0.05) is 6.07 Å². The second-order valence-corrected chi connectivity index (χ2v) is 3.70. The van der Waals surface area contributed by atoms with Crippen molar-refractivity contribution in [2.24, 2.45) is 0 Å². The highest BCUT2D eigenvalue weighted by Gasteiger charge is 2.10. The minimum Gasteiger partial charge on any atom is -0.399 e. The molecule has 0 saturated heterocycles. The van der Waals surface area contributed by atoms with Crippen molar-refractivity contribution in [2.45, 2.75) is 0 Å². The van der Waals surface area contributed by atoms with E-state index in [1.54, 1.807) is 18.2 Å². The van der Waals surface area contributed by atoms with Gasteiger partial charge in [0.2, 0.25) is 0 Å². The number of halogens is 2. The van der Waals surface area contributed by atoms with Gasteiger partial charge >= 0.3 is 0 Å². The van der Waals surface area contributed by atoms with Crippen LogP contribution in [0, 0.1) is 11.6 Å².